The summed E-state index contributed by atoms with van der Waals surface area (Å²) in [5.74, 6) is 0.296. The number of carbonyl (C=O) groups excluding carboxylic acids is 1. The molecule has 3 aromatic rings. The van der Waals surface area contributed by atoms with E-state index in [-0.39, 0.29) is 17.2 Å². The molecule has 0 radical (unpaired) electrons. The largest absolute Gasteiger partial charge is 0.507 e. The van der Waals surface area contributed by atoms with Gasteiger partial charge in [0.1, 0.15) is 11.5 Å². The molecule has 0 saturated heterocycles. The molecule has 3 aromatic carbocycles. The van der Waals surface area contributed by atoms with Crippen LogP contribution in [0.5, 0.6) is 11.5 Å². The van der Waals surface area contributed by atoms with E-state index in [1.807, 2.05) is 58.2 Å². The van der Waals surface area contributed by atoms with Crippen LogP contribution in [0, 0.1) is 0 Å². The summed E-state index contributed by atoms with van der Waals surface area (Å²) >= 11 is 0. The van der Waals surface area contributed by atoms with Gasteiger partial charge in [-0.1, -0.05) is 42.5 Å². The first-order valence-electron chi connectivity index (χ1n) is 8.47. The lowest BCUT2D eigenvalue weighted by atomic mass is 9.64. The number of para-hydroxylation sites is 1. The van der Waals surface area contributed by atoms with Gasteiger partial charge >= 0.3 is 0 Å². The van der Waals surface area contributed by atoms with Gasteiger partial charge in [-0.2, -0.15) is 0 Å². The van der Waals surface area contributed by atoms with Crippen LogP contribution in [0.2, 0.25) is 0 Å². The Labute approximate surface area is 153 Å². The fraction of sp³-hybridized carbons (Fsp3) is 0.0500. The average Bonchev–Trinajstić information content (AvgIpc) is 2.61. The minimum absolute atomic E-state index is 0.0738. The predicted molar refractivity (Wildman–Crippen MR) is 109 cm³/mol. The first kappa shape index (κ1) is 16.3. The molecule has 1 amide bonds. The van der Waals surface area contributed by atoms with E-state index < -0.39 is 5.40 Å². The number of fused-ring (bicyclic) bond motifs is 3. The lowest BCUT2D eigenvalue weighted by Crippen LogP contribution is -2.36. The summed E-state index contributed by atoms with van der Waals surface area (Å²) in [5.41, 5.74) is 1.86. The number of nitrogens with one attached hydrogen (secondary N) is 1. The van der Waals surface area contributed by atoms with Gasteiger partial charge in [-0.3, -0.25) is 4.79 Å². The van der Waals surface area contributed by atoms with Crippen molar-refractivity contribution in [1.82, 2.24) is 0 Å². The highest BCUT2D eigenvalue weighted by Crippen LogP contribution is 2.38. The van der Waals surface area contributed by atoms with Crippen molar-refractivity contribution in [3.63, 3.8) is 0 Å². The van der Waals surface area contributed by atoms with E-state index in [0.29, 0.717) is 5.69 Å². The van der Waals surface area contributed by atoms with Crippen molar-refractivity contribution in [1.29, 1.82) is 0 Å². The van der Waals surface area contributed by atoms with Gasteiger partial charge in [-0.15, -0.1) is 0 Å². The number of ether oxygens (including phenoxy) is 1. The maximum Gasteiger partial charge on any atom is 0.259 e. The van der Waals surface area contributed by atoms with E-state index in [2.05, 4.69) is 5.32 Å². The van der Waals surface area contributed by atoms with Crippen molar-refractivity contribution in [2.24, 2.45) is 0 Å². The van der Waals surface area contributed by atoms with Gasteiger partial charge in [-0.25, -0.2) is 0 Å². The molecule has 126 valence electrons. The lowest BCUT2D eigenvalue weighted by Gasteiger charge is -2.29. The molecule has 0 atom stereocenters. The summed E-state index contributed by atoms with van der Waals surface area (Å²) in [6.45, 7) is 0. The van der Waals surface area contributed by atoms with Crippen LogP contribution in [-0.2, 0) is 0 Å². The summed E-state index contributed by atoms with van der Waals surface area (Å²) in [6, 6.07) is 16.3. The van der Waals surface area contributed by atoms with E-state index in [0.717, 1.165) is 22.1 Å². The van der Waals surface area contributed by atoms with Crippen LogP contribution in [0.15, 0.2) is 60.7 Å². The molecule has 0 bridgehead atoms. The molecule has 1 heterocycles. The molecule has 1 aliphatic heterocycles. The SMILES string of the molecule is BC1(B)C=Cc2ccc3cc(C(=O)Nc4ccccc4)c(O)cc3c2O1. The number of hydrogen-bond donors (Lipinski definition) is 2. The van der Waals surface area contributed by atoms with E-state index >= 15 is 0 Å². The van der Waals surface area contributed by atoms with Crippen molar-refractivity contribution in [2.75, 3.05) is 5.32 Å². The number of aromatic hydroxyl groups is 1. The van der Waals surface area contributed by atoms with Gasteiger partial charge in [-0.05, 0) is 29.7 Å². The molecule has 4 nitrogen and oxygen atoms in total. The molecule has 2 N–H and O–H groups in total. The van der Waals surface area contributed by atoms with Crippen molar-refractivity contribution in [2.45, 2.75) is 5.40 Å². The molecule has 4 rings (SSSR count). The fourth-order valence-electron chi connectivity index (χ4n) is 3.08. The Morgan fingerprint density at radius 3 is 2.62 bits per heavy atom. The Morgan fingerprint density at radius 1 is 1.08 bits per heavy atom. The van der Waals surface area contributed by atoms with Gasteiger partial charge in [0, 0.05) is 16.6 Å². The van der Waals surface area contributed by atoms with Crippen LogP contribution >= 0.6 is 0 Å². The Hall–Kier alpha value is -3.14. The third-order valence-electron chi connectivity index (χ3n) is 4.42. The van der Waals surface area contributed by atoms with Crippen LogP contribution in [0.4, 0.5) is 5.69 Å². The minimum Gasteiger partial charge on any atom is -0.507 e. The van der Waals surface area contributed by atoms with E-state index in [1.54, 1.807) is 24.3 Å². The standard InChI is InChI=1S/C20H17B2NO3/c21-20(22)9-8-12-6-7-13-10-16(17(24)11-15(13)18(12)26-20)19(25)23-14-4-2-1-3-5-14/h1-11,24H,21-22H2,(H,23,25). The van der Waals surface area contributed by atoms with E-state index in [4.69, 9.17) is 4.74 Å². The van der Waals surface area contributed by atoms with Gasteiger partial charge in [0.05, 0.1) is 11.0 Å². The Morgan fingerprint density at radius 2 is 1.85 bits per heavy atom. The zero-order chi connectivity index (χ0) is 18.3. The van der Waals surface area contributed by atoms with Crippen LogP contribution in [-0.4, -0.2) is 32.1 Å². The molecule has 0 aromatic heterocycles. The number of hydrogen-bond acceptors (Lipinski definition) is 3. The average molecular weight is 341 g/mol. The summed E-state index contributed by atoms with van der Waals surface area (Å²) in [5, 5.41) is 14.5. The molecule has 0 unspecified atom stereocenters. The van der Waals surface area contributed by atoms with Crippen molar-refractivity contribution < 1.29 is 14.6 Å². The van der Waals surface area contributed by atoms with Crippen LogP contribution < -0.4 is 10.1 Å². The maximum atomic E-state index is 12.6. The van der Waals surface area contributed by atoms with Crippen molar-refractivity contribution in [3.05, 3.63) is 71.8 Å². The monoisotopic (exact) mass is 341 g/mol. The zero-order valence-corrected chi connectivity index (χ0v) is 14.6. The number of phenols is 1. The zero-order valence-electron chi connectivity index (χ0n) is 14.6. The molecule has 0 fully saturated rings. The quantitative estimate of drug-likeness (QED) is 0.702. The molecule has 0 saturated carbocycles. The summed E-state index contributed by atoms with van der Waals surface area (Å²) in [6.07, 6.45) is 4.02. The normalized spacial score (nSPS) is 14.5. The summed E-state index contributed by atoms with van der Waals surface area (Å²) < 4.78 is 6.09. The van der Waals surface area contributed by atoms with E-state index in [9.17, 15) is 9.90 Å². The predicted octanol–water partition coefficient (Wildman–Crippen LogP) is 2.12. The summed E-state index contributed by atoms with van der Waals surface area (Å²) in [4.78, 5) is 12.6. The number of rotatable bonds is 2. The van der Waals surface area contributed by atoms with Crippen LogP contribution in [0.25, 0.3) is 16.8 Å². The molecular weight excluding hydrogens is 324 g/mol. The highest BCUT2D eigenvalue weighted by molar-refractivity contribution is 6.41. The highest BCUT2D eigenvalue weighted by Gasteiger charge is 2.24. The van der Waals surface area contributed by atoms with Gasteiger partial charge < -0.3 is 15.2 Å². The fourth-order valence-corrected chi connectivity index (χ4v) is 3.08. The maximum absolute atomic E-state index is 12.6. The summed E-state index contributed by atoms with van der Waals surface area (Å²) in [7, 11) is 3.96. The van der Waals surface area contributed by atoms with Gasteiger partial charge in [0.25, 0.3) is 5.91 Å². The highest BCUT2D eigenvalue weighted by atomic mass is 16.5. The first-order chi connectivity index (χ1) is 12.4. The second kappa shape index (κ2) is 5.99. The third kappa shape index (κ3) is 2.94. The van der Waals surface area contributed by atoms with E-state index in [1.165, 1.54) is 0 Å². The van der Waals surface area contributed by atoms with Crippen LogP contribution in [0.3, 0.4) is 0 Å². The van der Waals surface area contributed by atoms with Crippen LogP contribution in [0.1, 0.15) is 15.9 Å². The molecular formula is C20H17B2NO3. The number of amides is 1. The number of anilines is 1. The van der Waals surface area contributed by atoms with Crippen molar-refractivity contribution in [3.8, 4) is 11.5 Å². The van der Waals surface area contributed by atoms with Gasteiger partial charge in [0.2, 0.25) is 0 Å². The Kier molecular flexibility index (Phi) is 3.76. The first-order valence-corrected chi connectivity index (χ1v) is 8.47. The van der Waals surface area contributed by atoms with Gasteiger partial charge in [0.15, 0.2) is 15.7 Å². The third-order valence-corrected chi connectivity index (χ3v) is 4.42. The number of benzene rings is 3. The Bertz CT molecular complexity index is 1050. The molecule has 6 heteroatoms. The topological polar surface area (TPSA) is 58.6 Å². The number of carbonyl (C=O) groups is 1. The minimum atomic E-state index is -0.416. The second-order valence-electron chi connectivity index (χ2n) is 6.93. The lowest BCUT2D eigenvalue weighted by molar-refractivity contribution is 0.102. The molecule has 26 heavy (non-hydrogen) atoms. The molecule has 0 spiro atoms. The Balaban J connectivity index is 1.76. The molecule has 0 aliphatic carbocycles. The molecule has 1 aliphatic rings. The smallest absolute Gasteiger partial charge is 0.259 e. The second-order valence-corrected chi connectivity index (χ2v) is 6.93. The van der Waals surface area contributed by atoms with Crippen molar-refractivity contribution >= 4 is 44.1 Å². The number of phenolic OH excluding ortho intramolecular Hbond substituents is 1.